The summed E-state index contributed by atoms with van der Waals surface area (Å²) in [4.78, 5) is 22.7. The van der Waals surface area contributed by atoms with Gasteiger partial charge in [-0.2, -0.15) is 9.78 Å². The van der Waals surface area contributed by atoms with Crippen molar-refractivity contribution in [3.8, 4) is 0 Å². The molecule has 0 aromatic heterocycles. The second-order valence-electron chi connectivity index (χ2n) is 7.82. The molecule has 0 atom stereocenters. The lowest BCUT2D eigenvalue weighted by Gasteiger charge is -2.31. The van der Waals surface area contributed by atoms with Gasteiger partial charge >= 0.3 is 0 Å². The molecule has 0 aromatic rings. The minimum Gasteiger partial charge on any atom is -0.233 e. The molecule has 0 aromatic carbocycles. The van der Waals surface area contributed by atoms with Crippen LogP contribution in [0, 0.1) is 0 Å². The number of rotatable bonds is 10. The van der Waals surface area contributed by atoms with Gasteiger partial charge in [-0.1, -0.05) is 56.1 Å². The second-order valence-corrected chi connectivity index (χ2v) is 7.82. The highest BCUT2D eigenvalue weighted by atomic mass is 17.3. The zero-order chi connectivity index (χ0) is 19.1. The SMILES string of the molecule is C=C(C)CCOOC1(OOCCC(=C)C)CCCCCCCCCCC1. The van der Waals surface area contributed by atoms with Crippen LogP contribution in [0.5, 0.6) is 0 Å². The lowest BCUT2D eigenvalue weighted by molar-refractivity contribution is -0.514. The molecule has 0 radical (unpaired) electrons. The Morgan fingerprint density at radius 1 is 0.654 bits per heavy atom. The molecule has 0 saturated heterocycles. The monoisotopic (exact) mass is 368 g/mol. The van der Waals surface area contributed by atoms with Gasteiger partial charge in [0.25, 0.3) is 0 Å². The van der Waals surface area contributed by atoms with E-state index in [1.54, 1.807) is 0 Å². The van der Waals surface area contributed by atoms with Crippen LogP contribution in [0.2, 0.25) is 0 Å². The maximum atomic E-state index is 5.82. The molecular formula is C22H40O4. The Balaban J connectivity index is 2.60. The third-order valence-corrected chi connectivity index (χ3v) is 4.76. The molecule has 0 aliphatic heterocycles. The van der Waals surface area contributed by atoms with E-state index in [0.29, 0.717) is 13.2 Å². The molecule has 0 N–H and O–H groups in total. The summed E-state index contributed by atoms with van der Waals surface area (Å²) in [7, 11) is 0. The van der Waals surface area contributed by atoms with Crippen LogP contribution < -0.4 is 0 Å². The Morgan fingerprint density at radius 2 is 1.00 bits per heavy atom. The minimum atomic E-state index is -0.802. The first-order valence-electron chi connectivity index (χ1n) is 10.4. The quantitative estimate of drug-likeness (QED) is 0.139. The fourth-order valence-corrected chi connectivity index (χ4v) is 3.06. The Kier molecular flexibility index (Phi) is 12.9. The third kappa shape index (κ3) is 11.8. The first-order valence-corrected chi connectivity index (χ1v) is 10.4. The molecule has 4 nitrogen and oxygen atoms in total. The molecular weight excluding hydrogens is 328 g/mol. The highest BCUT2D eigenvalue weighted by Crippen LogP contribution is 2.30. The fraction of sp³-hybridized carbons (Fsp3) is 0.818. The fourth-order valence-electron chi connectivity index (χ4n) is 3.06. The lowest BCUT2D eigenvalue weighted by atomic mass is 9.97. The molecule has 1 rings (SSSR count). The summed E-state index contributed by atoms with van der Waals surface area (Å²) in [6, 6.07) is 0. The first-order chi connectivity index (χ1) is 12.5. The van der Waals surface area contributed by atoms with Crippen molar-refractivity contribution >= 4 is 0 Å². The van der Waals surface area contributed by atoms with Crippen molar-refractivity contribution in [2.75, 3.05) is 13.2 Å². The molecule has 0 spiro atoms. The van der Waals surface area contributed by atoms with Crippen LogP contribution in [0.1, 0.15) is 97.3 Å². The predicted molar refractivity (Wildman–Crippen MR) is 106 cm³/mol. The molecule has 152 valence electrons. The van der Waals surface area contributed by atoms with Gasteiger partial charge in [0.05, 0.1) is 13.2 Å². The van der Waals surface area contributed by atoms with Crippen LogP contribution in [0.4, 0.5) is 0 Å². The van der Waals surface area contributed by atoms with Gasteiger partial charge in [-0.3, -0.25) is 0 Å². The van der Waals surface area contributed by atoms with E-state index < -0.39 is 5.79 Å². The van der Waals surface area contributed by atoms with E-state index in [1.165, 1.54) is 44.9 Å². The van der Waals surface area contributed by atoms with Gasteiger partial charge in [-0.15, -0.1) is 13.2 Å². The van der Waals surface area contributed by atoms with E-state index in [0.717, 1.165) is 49.7 Å². The van der Waals surface area contributed by atoms with Crippen molar-refractivity contribution < 1.29 is 19.6 Å². The van der Waals surface area contributed by atoms with E-state index >= 15 is 0 Å². The summed E-state index contributed by atoms with van der Waals surface area (Å²) in [6.45, 7) is 12.8. The average Bonchev–Trinajstić information content (AvgIpc) is 2.58. The first kappa shape index (κ1) is 23.4. The molecule has 0 heterocycles. The van der Waals surface area contributed by atoms with E-state index in [-0.39, 0.29) is 0 Å². The summed E-state index contributed by atoms with van der Waals surface area (Å²) in [5.41, 5.74) is 2.17. The van der Waals surface area contributed by atoms with Crippen LogP contribution in [0.15, 0.2) is 24.3 Å². The average molecular weight is 369 g/mol. The standard InChI is InChI=1S/C22H40O4/c1-20(2)14-18-23-25-22(26-24-19-15-21(3)4)16-12-10-8-6-5-7-9-11-13-17-22/h1,3,5-19H2,2,4H3. The van der Waals surface area contributed by atoms with Crippen molar-refractivity contribution in [2.24, 2.45) is 0 Å². The molecule has 0 bridgehead atoms. The van der Waals surface area contributed by atoms with Gasteiger partial charge in [0.15, 0.2) is 0 Å². The molecule has 26 heavy (non-hydrogen) atoms. The maximum Gasteiger partial charge on any atom is 0.233 e. The molecule has 1 aliphatic carbocycles. The van der Waals surface area contributed by atoms with E-state index in [2.05, 4.69) is 13.2 Å². The normalized spacial score (nSPS) is 19.3. The summed E-state index contributed by atoms with van der Waals surface area (Å²) in [5, 5.41) is 0. The van der Waals surface area contributed by atoms with Crippen molar-refractivity contribution in [2.45, 2.75) is 103 Å². The summed E-state index contributed by atoms with van der Waals surface area (Å²) in [5.74, 6) is -0.802. The highest BCUT2D eigenvalue weighted by Gasteiger charge is 2.35. The van der Waals surface area contributed by atoms with E-state index in [9.17, 15) is 0 Å². The Bertz CT molecular complexity index is 356. The van der Waals surface area contributed by atoms with Crippen LogP contribution in [-0.2, 0) is 19.6 Å². The van der Waals surface area contributed by atoms with Crippen LogP contribution >= 0.6 is 0 Å². The second kappa shape index (κ2) is 14.4. The highest BCUT2D eigenvalue weighted by molar-refractivity contribution is 4.87. The smallest absolute Gasteiger partial charge is 0.233 e. The molecule has 1 saturated carbocycles. The van der Waals surface area contributed by atoms with Gasteiger partial charge in [-0.05, 0) is 39.5 Å². The van der Waals surface area contributed by atoms with Crippen LogP contribution in [-0.4, -0.2) is 19.0 Å². The largest absolute Gasteiger partial charge is 0.233 e. The summed E-state index contributed by atoms with van der Waals surface area (Å²) in [6.07, 6.45) is 14.3. The Hall–Kier alpha value is -0.680. The third-order valence-electron chi connectivity index (χ3n) is 4.76. The topological polar surface area (TPSA) is 36.9 Å². The zero-order valence-electron chi connectivity index (χ0n) is 17.2. The Labute approximate surface area is 160 Å². The number of hydrogen-bond acceptors (Lipinski definition) is 4. The van der Waals surface area contributed by atoms with E-state index in [1.807, 2.05) is 13.8 Å². The Morgan fingerprint density at radius 3 is 1.35 bits per heavy atom. The summed E-state index contributed by atoms with van der Waals surface area (Å²) >= 11 is 0. The van der Waals surface area contributed by atoms with Crippen molar-refractivity contribution in [1.82, 2.24) is 0 Å². The van der Waals surface area contributed by atoms with Gasteiger partial charge < -0.3 is 0 Å². The lowest BCUT2D eigenvalue weighted by Crippen LogP contribution is -2.37. The molecule has 0 unspecified atom stereocenters. The van der Waals surface area contributed by atoms with Gasteiger partial charge in [0, 0.05) is 12.8 Å². The zero-order valence-corrected chi connectivity index (χ0v) is 17.2. The van der Waals surface area contributed by atoms with Gasteiger partial charge in [0.2, 0.25) is 5.79 Å². The van der Waals surface area contributed by atoms with E-state index in [4.69, 9.17) is 19.6 Å². The molecule has 1 aliphatic rings. The predicted octanol–water partition coefficient (Wildman–Crippen LogP) is 6.82. The maximum absolute atomic E-state index is 5.82. The molecule has 1 fully saturated rings. The minimum absolute atomic E-state index is 0.492. The molecule has 4 heteroatoms. The van der Waals surface area contributed by atoms with Gasteiger partial charge in [0.1, 0.15) is 0 Å². The van der Waals surface area contributed by atoms with Crippen molar-refractivity contribution in [3.05, 3.63) is 24.3 Å². The number of hydrogen-bond donors (Lipinski definition) is 0. The molecule has 0 amide bonds. The summed E-state index contributed by atoms with van der Waals surface area (Å²) < 4.78 is 0. The van der Waals surface area contributed by atoms with Crippen LogP contribution in [0.3, 0.4) is 0 Å². The van der Waals surface area contributed by atoms with Crippen LogP contribution in [0.25, 0.3) is 0 Å². The van der Waals surface area contributed by atoms with Crippen molar-refractivity contribution in [3.63, 3.8) is 0 Å². The van der Waals surface area contributed by atoms with Gasteiger partial charge in [-0.25, -0.2) is 9.78 Å². The van der Waals surface area contributed by atoms with Crippen molar-refractivity contribution in [1.29, 1.82) is 0 Å².